The third-order valence-corrected chi connectivity index (χ3v) is 5.98. The van der Waals surface area contributed by atoms with Gasteiger partial charge < -0.3 is 19.3 Å². The molecule has 1 amide bonds. The van der Waals surface area contributed by atoms with Crippen molar-refractivity contribution < 1.29 is 23.5 Å². The summed E-state index contributed by atoms with van der Waals surface area (Å²) in [6, 6.07) is 4.98. The highest BCUT2D eigenvalue weighted by Crippen LogP contribution is 2.25. The maximum absolute atomic E-state index is 13.1. The standard InChI is InChI=1S/C23H25FN6O5/c1-13-26-27-21(35-13)23(34)29(3)16-12-28(2)10-11-30-20(16)25-18(19(32)22(30)33)17(31)9-6-14-4-7-15(24)8-5-14/h4-5,7-8,16,32H,6,9-12H2,1-3H3. The number of carbonyl (C=O) groups is 2. The average molecular weight is 484 g/mol. The van der Waals surface area contributed by atoms with Crippen LogP contribution in [-0.2, 0) is 13.0 Å². The van der Waals surface area contributed by atoms with E-state index in [9.17, 15) is 23.9 Å². The summed E-state index contributed by atoms with van der Waals surface area (Å²) in [6.07, 6.45) is 0.232. The normalized spacial score (nSPS) is 15.9. The monoisotopic (exact) mass is 484 g/mol. The Labute approximate surface area is 199 Å². The maximum Gasteiger partial charge on any atom is 0.311 e. The van der Waals surface area contributed by atoms with Crippen molar-refractivity contribution >= 4 is 11.7 Å². The van der Waals surface area contributed by atoms with Crippen molar-refractivity contribution in [3.05, 3.63) is 69.3 Å². The van der Waals surface area contributed by atoms with Crippen LogP contribution in [0, 0.1) is 12.7 Å². The van der Waals surface area contributed by atoms with Crippen molar-refractivity contribution in [2.75, 3.05) is 27.2 Å². The lowest BCUT2D eigenvalue weighted by Crippen LogP contribution is -2.39. The number of rotatable bonds is 6. The number of carbonyl (C=O) groups excluding carboxylic acids is 2. The second-order valence-electron chi connectivity index (χ2n) is 8.49. The zero-order chi connectivity index (χ0) is 25.3. The van der Waals surface area contributed by atoms with Gasteiger partial charge in [-0.3, -0.25) is 19.0 Å². The number of aryl methyl sites for hydroxylation is 2. The summed E-state index contributed by atoms with van der Waals surface area (Å²) >= 11 is 0. The predicted molar refractivity (Wildman–Crippen MR) is 121 cm³/mol. The van der Waals surface area contributed by atoms with Gasteiger partial charge in [-0.25, -0.2) is 9.37 Å². The molecule has 184 valence electrons. The van der Waals surface area contributed by atoms with Gasteiger partial charge in [0.15, 0.2) is 11.5 Å². The molecule has 1 aliphatic heterocycles. The van der Waals surface area contributed by atoms with Crippen LogP contribution in [-0.4, -0.2) is 73.5 Å². The van der Waals surface area contributed by atoms with E-state index in [1.165, 1.54) is 28.6 Å². The predicted octanol–water partition coefficient (Wildman–Crippen LogP) is 1.35. The van der Waals surface area contributed by atoms with Gasteiger partial charge in [0.2, 0.25) is 11.6 Å². The van der Waals surface area contributed by atoms with E-state index in [2.05, 4.69) is 15.2 Å². The number of amides is 1. The summed E-state index contributed by atoms with van der Waals surface area (Å²) in [6.45, 7) is 2.56. The minimum atomic E-state index is -0.755. The Kier molecular flexibility index (Phi) is 6.74. The number of hydrogen-bond acceptors (Lipinski definition) is 9. The lowest BCUT2D eigenvalue weighted by molar-refractivity contribution is 0.0654. The molecule has 3 heterocycles. The quantitative estimate of drug-likeness (QED) is 0.515. The zero-order valence-corrected chi connectivity index (χ0v) is 19.6. The molecule has 12 heteroatoms. The zero-order valence-electron chi connectivity index (χ0n) is 19.6. The molecule has 3 aromatic rings. The van der Waals surface area contributed by atoms with Crippen LogP contribution in [0.15, 0.2) is 33.5 Å². The van der Waals surface area contributed by atoms with Crippen molar-refractivity contribution in [1.82, 2.24) is 29.5 Å². The fourth-order valence-electron chi connectivity index (χ4n) is 3.96. The molecule has 0 saturated heterocycles. The molecule has 11 nitrogen and oxygen atoms in total. The molecule has 4 rings (SSSR count). The molecule has 1 atom stereocenters. The first-order chi connectivity index (χ1) is 16.7. The molecule has 0 spiro atoms. The van der Waals surface area contributed by atoms with Gasteiger partial charge in [-0.1, -0.05) is 12.1 Å². The molecule has 2 aromatic heterocycles. The molecule has 0 saturated carbocycles. The molecule has 1 unspecified atom stereocenters. The van der Waals surface area contributed by atoms with Gasteiger partial charge in [-0.05, 0) is 31.2 Å². The number of hydrogen-bond donors (Lipinski definition) is 1. The van der Waals surface area contributed by atoms with Gasteiger partial charge in [0.25, 0.3) is 5.56 Å². The maximum atomic E-state index is 13.1. The third-order valence-electron chi connectivity index (χ3n) is 5.98. The van der Waals surface area contributed by atoms with Gasteiger partial charge >= 0.3 is 11.8 Å². The molecule has 0 fully saturated rings. The Balaban J connectivity index is 1.68. The SMILES string of the molecule is Cc1nnc(C(=O)N(C)C2CN(C)CCn3c2nc(C(=O)CCc2ccc(F)cc2)c(O)c3=O)o1. The van der Waals surface area contributed by atoms with Crippen molar-refractivity contribution in [3.8, 4) is 5.75 Å². The largest absolute Gasteiger partial charge is 0.501 e. The van der Waals surface area contributed by atoms with Gasteiger partial charge in [0, 0.05) is 40.0 Å². The Morgan fingerprint density at radius 3 is 2.60 bits per heavy atom. The van der Waals surface area contributed by atoms with Crippen LogP contribution < -0.4 is 5.56 Å². The number of halogens is 1. The van der Waals surface area contributed by atoms with E-state index in [0.717, 1.165) is 5.56 Å². The molecule has 1 N–H and O–H groups in total. The van der Waals surface area contributed by atoms with E-state index in [-0.39, 0.29) is 48.5 Å². The van der Waals surface area contributed by atoms with Crippen LogP contribution in [0.25, 0.3) is 0 Å². The van der Waals surface area contributed by atoms with E-state index >= 15 is 0 Å². The van der Waals surface area contributed by atoms with Crippen LogP contribution in [0.1, 0.15) is 50.9 Å². The summed E-state index contributed by atoms with van der Waals surface area (Å²) in [5.41, 5.74) is -0.382. The minimum Gasteiger partial charge on any atom is -0.501 e. The van der Waals surface area contributed by atoms with Gasteiger partial charge in [-0.2, -0.15) is 0 Å². The Morgan fingerprint density at radius 2 is 1.94 bits per heavy atom. The average Bonchev–Trinajstić information content (AvgIpc) is 3.20. The number of nitrogens with zero attached hydrogens (tertiary/aromatic N) is 6. The van der Waals surface area contributed by atoms with E-state index in [4.69, 9.17) is 4.42 Å². The topological polar surface area (TPSA) is 135 Å². The van der Waals surface area contributed by atoms with Crippen molar-refractivity contribution in [3.63, 3.8) is 0 Å². The summed E-state index contributed by atoms with van der Waals surface area (Å²) in [4.78, 5) is 46.6. The van der Waals surface area contributed by atoms with Crippen molar-refractivity contribution in [1.29, 1.82) is 0 Å². The highest BCUT2D eigenvalue weighted by atomic mass is 19.1. The van der Waals surface area contributed by atoms with Crippen LogP contribution in [0.3, 0.4) is 0 Å². The number of likely N-dealkylation sites (N-methyl/N-ethyl adjacent to an activating group) is 2. The lowest BCUT2D eigenvalue weighted by atomic mass is 10.1. The van der Waals surface area contributed by atoms with Gasteiger partial charge in [-0.15, -0.1) is 10.2 Å². The van der Waals surface area contributed by atoms with E-state index in [1.54, 1.807) is 19.1 Å². The van der Waals surface area contributed by atoms with Gasteiger partial charge in [0.1, 0.15) is 17.7 Å². The van der Waals surface area contributed by atoms with Crippen LogP contribution in [0.5, 0.6) is 5.75 Å². The first-order valence-electron chi connectivity index (χ1n) is 11.0. The molecular weight excluding hydrogens is 459 g/mol. The van der Waals surface area contributed by atoms with Crippen molar-refractivity contribution in [2.45, 2.75) is 32.4 Å². The van der Waals surface area contributed by atoms with Crippen LogP contribution >= 0.6 is 0 Å². The minimum absolute atomic E-state index is 0.0459. The van der Waals surface area contributed by atoms with Crippen molar-refractivity contribution in [2.24, 2.45) is 0 Å². The number of benzene rings is 1. The van der Waals surface area contributed by atoms with Crippen LogP contribution in [0.2, 0.25) is 0 Å². The number of Topliss-reactive ketones (excluding diaryl/α,β-unsaturated/α-hetero) is 1. The van der Waals surface area contributed by atoms with E-state index < -0.39 is 29.0 Å². The Morgan fingerprint density at radius 1 is 1.23 bits per heavy atom. The number of aromatic hydroxyl groups is 1. The molecule has 0 aliphatic carbocycles. The molecule has 35 heavy (non-hydrogen) atoms. The Hall–Kier alpha value is -3.93. The lowest BCUT2D eigenvalue weighted by Gasteiger charge is -2.28. The Bertz CT molecular complexity index is 1320. The van der Waals surface area contributed by atoms with Gasteiger partial charge in [0.05, 0.1) is 0 Å². The molecule has 1 aliphatic rings. The van der Waals surface area contributed by atoms with E-state index in [0.29, 0.717) is 13.1 Å². The fourth-order valence-corrected chi connectivity index (χ4v) is 3.96. The molecule has 0 bridgehead atoms. The first kappa shape index (κ1) is 24.2. The number of fused-ring (bicyclic) bond motifs is 1. The number of ketones is 1. The highest BCUT2D eigenvalue weighted by molar-refractivity contribution is 5.96. The second-order valence-corrected chi connectivity index (χ2v) is 8.49. The smallest absolute Gasteiger partial charge is 0.311 e. The number of aromatic nitrogens is 4. The summed E-state index contributed by atoms with van der Waals surface area (Å²) < 4.78 is 19.7. The first-order valence-corrected chi connectivity index (χ1v) is 11.0. The molecule has 0 radical (unpaired) electrons. The summed E-state index contributed by atoms with van der Waals surface area (Å²) in [5.74, 6) is -2.02. The van der Waals surface area contributed by atoms with Crippen LogP contribution in [0.4, 0.5) is 4.39 Å². The highest BCUT2D eigenvalue weighted by Gasteiger charge is 2.34. The third kappa shape index (κ3) is 4.97. The summed E-state index contributed by atoms with van der Waals surface area (Å²) in [5, 5.41) is 18.0. The molecule has 1 aromatic carbocycles. The second kappa shape index (κ2) is 9.74. The van der Waals surface area contributed by atoms with E-state index in [1.807, 2.05) is 11.9 Å². The molecular formula is C23H25FN6O5. The fraction of sp³-hybridized carbons (Fsp3) is 0.391. The summed E-state index contributed by atoms with van der Waals surface area (Å²) in [7, 11) is 3.35.